The molecule has 0 bridgehead atoms. The molecule has 0 aromatic heterocycles. The molecule has 0 radical (unpaired) electrons. The van der Waals surface area contributed by atoms with Gasteiger partial charge >= 0.3 is 0 Å². The highest BCUT2D eigenvalue weighted by Gasteiger charge is 2.03. The highest BCUT2D eigenvalue weighted by atomic mass is 32.1. The van der Waals surface area contributed by atoms with Crippen LogP contribution in [0.1, 0.15) is 27.2 Å². The van der Waals surface area contributed by atoms with Crippen LogP contribution in [0.5, 0.6) is 0 Å². The number of hydrogen-bond acceptors (Lipinski definition) is 2. The molecule has 0 aromatic rings. The van der Waals surface area contributed by atoms with Gasteiger partial charge in [-0.3, -0.25) is 4.99 Å². The molecule has 0 N–H and O–H groups in total. The van der Waals surface area contributed by atoms with Crippen LogP contribution in [0.15, 0.2) is 16.1 Å². The van der Waals surface area contributed by atoms with E-state index in [0.717, 1.165) is 12.2 Å². The van der Waals surface area contributed by atoms with Crippen molar-refractivity contribution in [2.45, 2.75) is 27.2 Å². The second-order valence-corrected chi connectivity index (χ2v) is 3.70. The first kappa shape index (κ1) is 11.8. The van der Waals surface area contributed by atoms with Gasteiger partial charge in [-0.25, -0.2) is 0 Å². The van der Waals surface area contributed by atoms with Gasteiger partial charge in [0.25, 0.3) is 0 Å². The molecule has 0 spiro atoms. The number of rotatable bonds is 4. The first-order chi connectivity index (χ1) is 5.63. The van der Waals surface area contributed by atoms with E-state index in [2.05, 4.69) is 38.4 Å². The second-order valence-electron chi connectivity index (χ2n) is 3.25. The Hall–Kier alpha value is -0.240. The normalized spacial score (nSPS) is 14.2. The summed E-state index contributed by atoms with van der Waals surface area (Å²) in [5.74, 6) is 1.48. The number of allylic oxidation sites excluding steroid dienone is 2. The summed E-state index contributed by atoms with van der Waals surface area (Å²) in [4.78, 5) is 4.05. The van der Waals surface area contributed by atoms with Gasteiger partial charge in [0.15, 0.2) is 0 Å². The van der Waals surface area contributed by atoms with Crippen molar-refractivity contribution in [1.29, 1.82) is 0 Å². The summed E-state index contributed by atoms with van der Waals surface area (Å²) in [6.07, 6.45) is 3.02. The quantitative estimate of drug-likeness (QED) is 0.511. The lowest BCUT2D eigenvalue weighted by atomic mass is 9.98. The molecular formula is C10H19NS. The van der Waals surface area contributed by atoms with E-state index in [1.54, 1.807) is 0 Å². The van der Waals surface area contributed by atoms with Gasteiger partial charge in [0, 0.05) is 13.3 Å². The van der Waals surface area contributed by atoms with Gasteiger partial charge in [-0.1, -0.05) is 19.4 Å². The topological polar surface area (TPSA) is 12.4 Å². The molecule has 70 valence electrons. The van der Waals surface area contributed by atoms with Gasteiger partial charge in [-0.2, -0.15) is 12.6 Å². The smallest absolute Gasteiger partial charge is 0.0277 e. The molecule has 0 saturated heterocycles. The Bertz CT molecular complexity index is 180. The SMILES string of the molecule is C/N=C\C(=C(/C)CCS)C(C)C. The van der Waals surface area contributed by atoms with Crippen LogP contribution in [0.25, 0.3) is 0 Å². The molecule has 1 nitrogen and oxygen atoms in total. The summed E-state index contributed by atoms with van der Waals surface area (Å²) in [5.41, 5.74) is 2.76. The Labute approximate surface area is 81.4 Å². The molecule has 0 heterocycles. The van der Waals surface area contributed by atoms with Crippen molar-refractivity contribution >= 4 is 18.8 Å². The number of nitrogens with zero attached hydrogens (tertiary/aromatic N) is 1. The van der Waals surface area contributed by atoms with E-state index in [1.165, 1.54) is 11.1 Å². The molecule has 0 aliphatic rings. The standard InChI is InChI=1S/C10H19NS/c1-8(2)10(7-11-4)9(3)5-6-12/h7-8,12H,5-6H2,1-4H3/b10-9-,11-7-. The fraction of sp³-hybridized carbons (Fsp3) is 0.700. The maximum absolute atomic E-state index is 4.21. The van der Waals surface area contributed by atoms with E-state index in [-0.39, 0.29) is 0 Å². The molecule has 0 amide bonds. The molecule has 0 atom stereocenters. The van der Waals surface area contributed by atoms with Crippen molar-refractivity contribution in [3.05, 3.63) is 11.1 Å². The Morgan fingerprint density at radius 2 is 2.08 bits per heavy atom. The van der Waals surface area contributed by atoms with Gasteiger partial charge in [-0.05, 0) is 30.6 Å². The average Bonchev–Trinajstić information content (AvgIpc) is 1.99. The van der Waals surface area contributed by atoms with Crippen molar-refractivity contribution in [2.24, 2.45) is 10.9 Å². The third kappa shape index (κ3) is 3.96. The van der Waals surface area contributed by atoms with Crippen LogP contribution in [0.4, 0.5) is 0 Å². The minimum absolute atomic E-state index is 0.564. The van der Waals surface area contributed by atoms with Gasteiger partial charge < -0.3 is 0 Å². The highest BCUT2D eigenvalue weighted by molar-refractivity contribution is 7.80. The molecule has 2 heteroatoms. The van der Waals surface area contributed by atoms with E-state index in [9.17, 15) is 0 Å². The molecule has 0 aromatic carbocycles. The number of aliphatic imine (C=N–C) groups is 1. The largest absolute Gasteiger partial charge is 0.296 e. The summed E-state index contributed by atoms with van der Waals surface area (Å²) >= 11 is 4.21. The zero-order valence-corrected chi connectivity index (χ0v) is 9.36. The maximum Gasteiger partial charge on any atom is 0.0277 e. The Kier molecular flexibility index (Phi) is 6.17. The second kappa shape index (κ2) is 6.30. The molecule has 0 unspecified atom stereocenters. The van der Waals surface area contributed by atoms with Crippen LogP contribution in [0.3, 0.4) is 0 Å². The van der Waals surface area contributed by atoms with E-state index in [1.807, 2.05) is 13.3 Å². The molecule has 0 aliphatic carbocycles. The van der Waals surface area contributed by atoms with E-state index in [0.29, 0.717) is 5.92 Å². The summed E-state index contributed by atoms with van der Waals surface area (Å²) < 4.78 is 0. The van der Waals surface area contributed by atoms with Crippen LogP contribution in [0.2, 0.25) is 0 Å². The fourth-order valence-electron chi connectivity index (χ4n) is 1.20. The molecule has 0 rings (SSSR count). The minimum atomic E-state index is 0.564. The first-order valence-electron chi connectivity index (χ1n) is 4.36. The zero-order valence-electron chi connectivity index (χ0n) is 8.46. The Balaban J connectivity index is 4.55. The third-order valence-electron chi connectivity index (χ3n) is 1.87. The average molecular weight is 185 g/mol. The van der Waals surface area contributed by atoms with Crippen LogP contribution >= 0.6 is 12.6 Å². The predicted octanol–water partition coefficient (Wildman–Crippen LogP) is 2.98. The van der Waals surface area contributed by atoms with Gasteiger partial charge in [0.1, 0.15) is 0 Å². The predicted molar refractivity (Wildman–Crippen MR) is 60.4 cm³/mol. The highest BCUT2D eigenvalue weighted by Crippen LogP contribution is 2.15. The van der Waals surface area contributed by atoms with Crippen LogP contribution in [0, 0.1) is 5.92 Å². The Morgan fingerprint density at radius 3 is 2.42 bits per heavy atom. The monoisotopic (exact) mass is 185 g/mol. The third-order valence-corrected chi connectivity index (χ3v) is 2.09. The van der Waals surface area contributed by atoms with Crippen LogP contribution in [-0.4, -0.2) is 19.0 Å². The van der Waals surface area contributed by atoms with Crippen molar-refractivity contribution in [1.82, 2.24) is 0 Å². The zero-order chi connectivity index (χ0) is 9.56. The summed E-state index contributed by atoms with van der Waals surface area (Å²) in [7, 11) is 1.82. The van der Waals surface area contributed by atoms with Gasteiger partial charge in [-0.15, -0.1) is 0 Å². The summed E-state index contributed by atoms with van der Waals surface area (Å²) in [5, 5.41) is 0. The van der Waals surface area contributed by atoms with Crippen LogP contribution < -0.4 is 0 Å². The number of hydrogen-bond donors (Lipinski definition) is 1. The van der Waals surface area contributed by atoms with E-state index in [4.69, 9.17) is 0 Å². The summed E-state index contributed by atoms with van der Waals surface area (Å²) in [6.45, 7) is 6.55. The van der Waals surface area contributed by atoms with E-state index >= 15 is 0 Å². The molecule has 0 saturated carbocycles. The Morgan fingerprint density at radius 1 is 1.50 bits per heavy atom. The van der Waals surface area contributed by atoms with Crippen molar-refractivity contribution in [3.63, 3.8) is 0 Å². The van der Waals surface area contributed by atoms with Crippen LogP contribution in [-0.2, 0) is 0 Å². The molecular weight excluding hydrogens is 166 g/mol. The van der Waals surface area contributed by atoms with Gasteiger partial charge in [0.05, 0.1) is 0 Å². The minimum Gasteiger partial charge on any atom is -0.296 e. The molecule has 0 fully saturated rings. The van der Waals surface area contributed by atoms with Crippen molar-refractivity contribution in [3.8, 4) is 0 Å². The molecule has 12 heavy (non-hydrogen) atoms. The number of thiol groups is 1. The first-order valence-corrected chi connectivity index (χ1v) is 4.99. The maximum atomic E-state index is 4.21. The lowest BCUT2D eigenvalue weighted by molar-refractivity contribution is 0.787. The van der Waals surface area contributed by atoms with E-state index < -0.39 is 0 Å². The van der Waals surface area contributed by atoms with Crippen molar-refractivity contribution < 1.29 is 0 Å². The fourth-order valence-corrected chi connectivity index (χ4v) is 1.54. The summed E-state index contributed by atoms with van der Waals surface area (Å²) in [6, 6.07) is 0. The lowest BCUT2D eigenvalue weighted by Crippen LogP contribution is -2.00. The molecule has 0 aliphatic heterocycles. The van der Waals surface area contributed by atoms with Gasteiger partial charge in [0.2, 0.25) is 0 Å². The van der Waals surface area contributed by atoms with Crippen molar-refractivity contribution in [2.75, 3.05) is 12.8 Å². The lowest BCUT2D eigenvalue weighted by Gasteiger charge is -2.10.